The van der Waals surface area contributed by atoms with Gasteiger partial charge in [0.25, 0.3) is 0 Å². The Bertz CT molecular complexity index is 436. The quantitative estimate of drug-likeness (QED) is 0.311. The van der Waals surface area contributed by atoms with Crippen molar-refractivity contribution in [3.63, 3.8) is 0 Å². The maximum Gasteiger partial charge on any atom is 0.188 e. The van der Waals surface area contributed by atoms with Gasteiger partial charge in [0, 0.05) is 19.7 Å². The molecule has 1 atom stereocenters. The fourth-order valence-electron chi connectivity index (χ4n) is 2.25. The molecule has 1 aromatic heterocycles. The lowest BCUT2D eigenvalue weighted by atomic mass is 10.1. The van der Waals surface area contributed by atoms with E-state index in [1.807, 2.05) is 12.1 Å². The molecule has 4 N–H and O–H groups in total. The molecule has 1 aliphatic heterocycles. The summed E-state index contributed by atoms with van der Waals surface area (Å²) in [6.07, 6.45) is 1.90. The fraction of sp³-hybridized carbons (Fsp3) is 0.500. The van der Waals surface area contributed by atoms with Crippen molar-refractivity contribution >= 4 is 11.7 Å². The minimum absolute atomic E-state index is 0.0166. The number of pyridine rings is 1. The summed E-state index contributed by atoms with van der Waals surface area (Å²) in [7, 11) is 0. The highest BCUT2D eigenvalue weighted by Gasteiger charge is 2.23. The van der Waals surface area contributed by atoms with Gasteiger partial charge in [-0.25, -0.2) is 4.98 Å². The van der Waals surface area contributed by atoms with E-state index in [1.54, 1.807) is 6.07 Å². The van der Waals surface area contributed by atoms with Crippen molar-refractivity contribution < 1.29 is 10.3 Å². The molecule has 0 spiro atoms. The number of oxime groups is 1. The van der Waals surface area contributed by atoms with Crippen LogP contribution in [-0.2, 0) is 0 Å². The number of aliphatic hydroxyl groups excluding tert-OH is 1. The van der Waals surface area contributed by atoms with Crippen molar-refractivity contribution in [1.29, 1.82) is 0 Å². The van der Waals surface area contributed by atoms with Crippen LogP contribution in [0.4, 0.5) is 5.82 Å². The van der Waals surface area contributed by atoms with E-state index in [0.29, 0.717) is 11.6 Å². The van der Waals surface area contributed by atoms with Crippen molar-refractivity contribution in [2.75, 3.05) is 24.6 Å². The smallest absolute Gasteiger partial charge is 0.188 e. The Morgan fingerprint density at radius 1 is 1.56 bits per heavy atom. The van der Waals surface area contributed by atoms with Crippen molar-refractivity contribution in [3.8, 4) is 0 Å². The first-order chi connectivity index (χ1) is 8.74. The zero-order valence-electron chi connectivity index (χ0n) is 10.2. The molecule has 0 radical (unpaired) electrons. The molecule has 1 unspecified atom stereocenters. The number of hydrogen-bond acceptors (Lipinski definition) is 5. The molecular formula is C12H18N4O2. The Balaban J connectivity index is 2.10. The largest absolute Gasteiger partial charge is 0.409 e. The Hall–Kier alpha value is -1.82. The molecule has 0 amide bonds. The van der Waals surface area contributed by atoms with E-state index in [-0.39, 0.29) is 12.4 Å². The van der Waals surface area contributed by atoms with Gasteiger partial charge in [0.05, 0.1) is 0 Å². The van der Waals surface area contributed by atoms with Crippen LogP contribution in [-0.4, -0.2) is 40.8 Å². The Labute approximate surface area is 106 Å². The molecule has 98 valence electrons. The van der Waals surface area contributed by atoms with E-state index in [1.165, 1.54) is 0 Å². The SMILES string of the molecule is N/C(=N/O)c1cccc(N2CCC(CCO)C2)n1. The average molecular weight is 250 g/mol. The van der Waals surface area contributed by atoms with Gasteiger partial charge >= 0.3 is 0 Å². The predicted molar refractivity (Wildman–Crippen MR) is 68.8 cm³/mol. The van der Waals surface area contributed by atoms with E-state index >= 15 is 0 Å². The maximum absolute atomic E-state index is 8.94. The number of rotatable bonds is 4. The number of hydrogen-bond donors (Lipinski definition) is 3. The van der Waals surface area contributed by atoms with Crippen LogP contribution in [0.2, 0.25) is 0 Å². The lowest BCUT2D eigenvalue weighted by Gasteiger charge is -2.17. The molecule has 1 fully saturated rings. The lowest BCUT2D eigenvalue weighted by molar-refractivity contribution is 0.263. The first-order valence-corrected chi connectivity index (χ1v) is 6.05. The number of amidine groups is 1. The summed E-state index contributed by atoms with van der Waals surface area (Å²) in [6, 6.07) is 5.46. The van der Waals surface area contributed by atoms with Gasteiger partial charge in [-0.05, 0) is 30.9 Å². The monoisotopic (exact) mass is 250 g/mol. The maximum atomic E-state index is 8.94. The van der Waals surface area contributed by atoms with E-state index in [4.69, 9.17) is 16.0 Å². The molecule has 2 heterocycles. The summed E-state index contributed by atoms with van der Waals surface area (Å²) in [4.78, 5) is 6.53. The van der Waals surface area contributed by atoms with E-state index in [2.05, 4.69) is 15.0 Å². The third-order valence-electron chi connectivity index (χ3n) is 3.25. The number of aromatic nitrogens is 1. The van der Waals surface area contributed by atoms with Gasteiger partial charge in [-0.1, -0.05) is 11.2 Å². The van der Waals surface area contributed by atoms with Crippen LogP contribution in [0.1, 0.15) is 18.5 Å². The van der Waals surface area contributed by atoms with Crippen LogP contribution in [0.5, 0.6) is 0 Å². The van der Waals surface area contributed by atoms with E-state index in [0.717, 1.165) is 31.7 Å². The van der Waals surface area contributed by atoms with Gasteiger partial charge in [0.1, 0.15) is 11.5 Å². The number of anilines is 1. The number of aliphatic hydroxyl groups is 1. The molecular weight excluding hydrogens is 232 g/mol. The van der Waals surface area contributed by atoms with E-state index < -0.39 is 0 Å². The van der Waals surface area contributed by atoms with Gasteiger partial charge in [-0.15, -0.1) is 0 Å². The summed E-state index contributed by atoms with van der Waals surface area (Å²) in [5.74, 6) is 1.37. The van der Waals surface area contributed by atoms with Gasteiger partial charge in [-0.3, -0.25) is 0 Å². The van der Waals surface area contributed by atoms with Crippen molar-refractivity contribution in [3.05, 3.63) is 23.9 Å². The highest BCUT2D eigenvalue weighted by molar-refractivity contribution is 5.95. The highest BCUT2D eigenvalue weighted by atomic mass is 16.4. The zero-order valence-corrected chi connectivity index (χ0v) is 10.2. The van der Waals surface area contributed by atoms with Gasteiger partial charge in [0.15, 0.2) is 5.84 Å². The molecule has 6 heteroatoms. The van der Waals surface area contributed by atoms with Crippen LogP contribution in [0.3, 0.4) is 0 Å². The van der Waals surface area contributed by atoms with Crippen LogP contribution in [0, 0.1) is 5.92 Å². The first-order valence-electron chi connectivity index (χ1n) is 6.05. The standard InChI is InChI=1S/C12H18N4O2/c13-12(15-18)10-2-1-3-11(14-10)16-6-4-9(8-16)5-7-17/h1-3,9,17-18H,4-8H2,(H2,13,15). The summed E-state index contributed by atoms with van der Waals surface area (Å²) in [6.45, 7) is 2.06. The third-order valence-corrected chi connectivity index (χ3v) is 3.25. The third kappa shape index (κ3) is 2.70. The average Bonchev–Trinajstić information content (AvgIpc) is 2.87. The van der Waals surface area contributed by atoms with Gasteiger partial charge in [-0.2, -0.15) is 0 Å². The molecule has 0 aliphatic carbocycles. The van der Waals surface area contributed by atoms with Crippen LogP contribution in [0.15, 0.2) is 23.4 Å². The Morgan fingerprint density at radius 2 is 2.39 bits per heavy atom. The zero-order chi connectivity index (χ0) is 13.0. The second-order valence-corrected chi connectivity index (χ2v) is 4.48. The minimum atomic E-state index is 0.0166. The molecule has 0 aromatic carbocycles. The molecule has 0 bridgehead atoms. The number of nitrogens with two attached hydrogens (primary N) is 1. The minimum Gasteiger partial charge on any atom is -0.409 e. The lowest BCUT2D eigenvalue weighted by Crippen LogP contribution is -2.23. The van der Waals surface area contributed by atoms with Crippen LogP contribution < -0.4 is 10.6 Å². The van der Waals surface area contributed by atoms with Gasteiger partial charge < -0.3 is 20.9 Å². The van der Waals surface area contributed by atoms with Gasteiger partial charge in [0.2, 0.25) is 0 Å². The molecule has 2 rings (SSSR count). The first kappa shape index (κ1) is 12.6. The van der Waals surface area contributed by atoms with Crippen molar-refractivity contribution in [2.24, 2.45) is 16.8 Å². The highest BCUT2D eigenvalue weighted by Crippen LogP contribution is 2.24. The summed E-state index contributed by atoms with van der Waals surface area (Å²) in [5, 5.41) is 20.5. The normalized spacial score (nSPS) is 20.4. The van der Waals surface area contributed by atoms with Crippen LogP contribution >= 0.6 is 0 Å². The summed E-state index contributed by atoms with van der Waals surface area (Å²) >= 11 is 0. The second kappa shape index (κ2) is 5.68. The van der Waals surface area contributed by atoms with Crippen molar-refractivity contribution in [1.82, 2.24) is 4.98 Å². The molecule has 1 saturated heterocycles. The van der Waals surface area contributed by atoms with Crippen molar-refractivity contribution in [2.45, 2.75) is 12.8 Å². The molecule has 1 aromatic rings. The van der Waals surface area contributed by atoms with Crippen LogP contribution in [0.25, 0.3) is 0 Å². The molecule has 1 aliphatic rings. The second-order valence-electron chi connectivity index (χ2n) is 4.48. The predicted octanol–water partition coefficient (Wildman–Crippen LogP) is 0.385. The molecule has 6 nitrogen and oxygen atoms in total. The Morgan fingerprint density at radius 3 is 3.11 bits per heavy atom. The summed E-state index contributed by atoms with van der Waals surface area (Å²) < 4.78 is 0. The molecule has 18 heavy (non-hydrogen) atoms. The number of nitrogens with zero attached hydrogens (tertiary/aromatic N) is 3. The molecule has 0 saturated carbocycles. The fourth-order valence-corrected chi connectivity index (χ4v) is 2.25. The summed E-state index contributed by atoms with van der Waals surface area (Å²) in [5.41, 5.74) is 6.00. The van der Waals surface area contributed by atoms with E-state index in [9.17, 15) is 0 Å². The Kier molecular flexibility index (Phi) is 3.99. The topological polar surface area (TPSA) is 95.0 Å².